The molecule has 0 radical (unpaired) electrons. The second-order valence-corrected chi connectivity index (χ2v) is 9.92. The lowest BCUT2D eigenvalue weighted by molar-refractivity contribution is -0.0159. The number of amides is 2. The molecular formula is C25H28FN5O5. The van der Waals surface area contributed by atoms with Crippen LogP contribution in [0.4, 0.5) is 10.1 Å². The summed E-state index contributed by atoms with van der Waals surface area (Å²) in [7, 11) is 0. The van der Waals surface area contributed by atoms with Crippen molar-refractivity contribution in [3.8, 4) is 5.75 Å². The number of carbonyl (C=O) groups is 2. The zero-order valence-corrected chi connectivity index (χ0v) is 20.0. The zero-order chi connectivity index (χ0) is 25.6. The molecule has 2 aliphatic rings. The van der Waals surface area contributed by atoms with E-state index in [1.807, 2.05) is 0 Å². The van der Waals surface area contributed by atoms with Gasteiger partial charge in [0.15, 0.2) is 5.65 Å². The summed E-state index contributed by atoms with van der Waals surface area (Å²) in [6.07, 6.45) is 3.98. The van der Waals surface area contributed by atoms with E-state index in [9.17, 15) is 24.2 Å². The van der Waals surface area contributed by atoms with Gasteiger partial charge in [-0.2, -0.15) is 5.10 Å². The minimum Gasteiger partial charge on any atom is -0.488 e. The molecule has 190 valence electrons. The van der Waals surface area contributed by atoms with E-state index in [-0.39, 0.29) is 30.7 Å². The third-order valence-electron chi connectivity index (χ3n) is 6.65. The first-order chi connectivity index (χ1) is 17.1. The highest BCUT2D eigenvalue weighted by Gasteiger charge is 2.36. The molecule has 0 bridgehead atoms. The monoisotopic (exact) mass is 497 g/mol. The Hall–Kier alpha value is -3.57. The molecule has 5 rings (SSSR count). The molecule has 1 fully saturated rings. The Balaban J connectivity index is 1.45. The van der Waals surface area contributed by atoms with E-state index in [0.717, 1.165) is 0 Å². The number of hydrogen-bond donors (Lipinski definition) is 3. The molecule has 1 saturated carbocycles. The molecule has 3 atom stereocenters. The number of carbonyl (C=O) groups excluding carboxylic acids is 2. The fourth-order valence-corrected chi connectivity index (χ4v) is 4.54. The number of aliphatic hydroxyl groups is 2. The van der Waals surface area contributed by atoms with Crippen LogP contribution in [-0.4, -0.2) is 72.1 Å². The van der Waals surface area contributed by atoms with Crippen molar-refractivity contribution in [1.29, 1.82) is 0 Å². The summed E-state index contributed by atoms with van der Waals surface area (Å²) in [5.74, 6) is -0.537. The molecular weight excluding hydrogens is 469 g/mol. The predicted octanol–water partition coefficient (Wildman–Crippen LogP) is 2.34. The maximum atomic E-state index is 14.5. The molecule has 11 heteroatoms. The van der Waals surface area contributed by atoms with Gasteiger partial charge in [-0.15, -0.1) is 0 Å². The summed E-state index contributed by atoms with van der Waals surface area (Å²) >= 11 is 0. The number of alkyl halides is 1. The van der Waals surface area contributed by atoms with Gasteiger partial charge in [-0.25, -0.2) is 13.9 Å². The molecule has 36 heavy (non-hydrogen) atoms. The van der Waals surface area contributed by atoms with E-state index in [1.165, 1.54) is 29.5 Å². The topological polar surface area (TPSA) is 129 Å². The van der Waals surface area contributed by atoms with Crippen molar-refractivity contribution in [2.24, 2.45) is 0 Å². The number of anilines is 1. The van der Waals surface area contributed by atoms with E-state index in [0.29, 0.717) is 47.5 Å². The van der Waals surface area contributed by atoms with Crippen LogP contribution in [0.3, 0.4) is 0 Å². The second-order valence-electron chi connectivity index (χ2n) is 9.92. The number of hydrogen-bond acceptors (Lipinski definition) is 7. The van der Waals surface area contributed by atoms with Gasteiger partial charge in [-0.3, -0.25) is 9.59 Å². The lowest BCUT2D eigenvalue weighted by Crippen LogP contribution is -2.42. The second kappa shape index (κ2) is 9.14. The number of halogens is 1. The first kappa shape index (κ1) is 24.1. The Bertz CT molecular complexity index is 1320. The maximum Gasteiger partial charge on any atom is 0.261 e. The van der Waals surface area contributed by atoms with Crippen LogP contribution in [0.25, 0.3) is 5.65 Å². The highest BCUT2D eigenvalue weighted by molar-refractivity contribution is 6.09. The van der Waals surface area contributed by atoms with Crippen molar-refractivity contribution >= 4 is 23.1 Å². The Kier molecular flexibility index (Phi) is 6.13. The summed E-state index contributed by atoms with van der Waals surface area (Å²) in [6, 6.07) is 4.92. The summed E-state index contributed by atoms with van der Waals surface area (Å²) in [6.45, 7) is 2.58. The molecule has 1 aromatic carbocycles. The van der Waals surface area contributed by atoms with Gasteiger partial charge < -0.3 is 25.2 Å². The fraction of sp³-hybridized carbons (Fsp3) is 0.440. The van der Waals surface area contributed by atoms with Gasteiger partial charge >= 0.3 is 0 Å². The van der Waals surface area contributed by atoms with Crippen molar-refractivity contribution in [2.45, 2.75) is 63.6 Å². The van der Waals surface area contributed by atoms with E-state index in [2.05, 4.69) is 15.4 Å². The van der Waals surface area contributed by atoms with Gasteiger partial charge in [-0.05, 0) is 50.5 Å². The van der Waals surface area contributed by atoms with Gasteiger partial charge in [0.1, 0.15) is 23.6 Å². The molecule has 0 saturated heterocycles. The third kappa shape index (κ3) is 4.63. The fourth-order valence-electron chi connectivity index (χ4n) is 4.54. The molecule has 2 aromatic heterocycles. The van der Waals surface area contributed by atoms with Gasteiger partial charge in [0, 0.05) is 30.9 Å². The van der Waals surface area contributed by atoms with Crippen LogP contribution >= 0.6 is 0 Å². The number of fused-ring (bicyclic) bond motifs is 2. The molecule has 3 aromatic rings. The maximum absolute atomic E-state index is 14.5. The van der Waals surface area contributed by atoms with Crippen LogP contribution in [0.15, 0.2) is 36.8 Å². The highest BCUT2D eigenvalue weighted by atomic mass is 19.1. The Morgan fingerprint density at radius 2 is 2.17 bits per heavy atom. The van der Waals surface area contributed by atoms with Gasteiger partial charge in [0.05, 0.1) is 30.1 Å². The highest BCUT2D eigenvalue weighted by Crippen LogP contribution is 2.37. The zero-order valence-electron chi connectivity index (χ0n) is 20.0. The standard InChI is InChI=1S/C25H28FN5O5/c1-25(2,35)21(26)13-30-12-14-8-19(29-23(33)18-11-28-31-7-3-6-27-22(18)31)20(10-17(14)24(30)34)36-16-5-4-15(32)9-16/h3,6-8,10-11,15-16,21,32,35H,4-5,9,12-13H2,1-2H3,(H,29,33)/t15-,16-,21?/m1/s1. The smallest absolute Gasteiger partial charge is 0.261 e. The molecule has 3 N–H and O–H groups in total. The molecule has 1 aliphatic heterocycles. The Morgan fingerprint density at radius 3 is 2.89 bits per heavy atom. The Labute approximate surface area is 206 Å². The minimum absolute atomic E-state index is 0.133. The van der Waals surface area contributed by atoms with E-state index in [1.54, 1.807) is 30.6 Å². The third-order valence-corrected chi connectivity index (χ3v) is 6.65. The van der Waals surface area contributed by atoms with Gasteiger partial charge in [-0.1, -0.05) is 0 Å². The van der Waals surface area contributed by atoms with Crippen molar-refractivity contribution in [3.63, 3.8) is 0 Å². The molecule has 1 unspecified atom stereocenters. The SMILES string of the molecule is CC(C)(O)C(F)CN1Cc2cc(NC(=O)c3cnn4cccnc34)c(O[C@@H]3CC[C@@H](O)C3)cc2C1=O. The molecule has 0 spiro atoms. The normalized spacial score (nSPS) is 20.6. The largest absolute Gasteiger partial charge is 0.488 e. The van der Waals surface area contributed by atoms with Crippen LogP contribution in [-0.2, 0) is 6.54 Å². The number of aliphatic hydroxyl groups excluding tert-OH is 1. The van der Waals surface area contributed by atoms with Crippen LogP contribution in [0.2, 0.25) is 0 Å². The van der Waals surface area contributed by atoms with Crippen LogP contribution < -0.4 is 10.1 Å². The molecule has 3 heterocycles. The number of nitrogens with one attached hydrogen (secondary N) is 1. The van der Waals surface area contributed by atoms with E-state index in [4.69, 9.17) is 4.74 Å². The summed E-state index contributed by atoms with van der Waals surface area (Å²) in [5.41, 5.74) is 0.372. The Morgan fingerprint density at radius 1 is 1.36 bits per heavy atom. The van der Waals surface area contributed by atoms with Crippen molar-refractivity contribution in [3.05, 3.63) is 53.5 Å². The van der Waals surface area contributed by atoms with Crippen LogP contribution in [0, 0.1) is 0 Å². The van der Waals surface area contributed by atoms with Gasteiger partial charge in [0.2, 0.25) is 0 Å². The number of benzene rings is 1. The number of rotatable bonds is 7. The number of nitrogens with zero attached hydrogens (tertiary/aromatic N) is 4. The molecule has 10 nitrogen and oxygen atoms in total. The minimum atomic E-state index is -1.63. The first-order valence-electron chi connectivity index (χ1n) is 11.9. The van der Waals surface area contributed by atoms with Gasteiger partial charge in [0.25, 0.3) is 11.8 Å². The van der Waals surface area contributed by atoms with Crippen molar-refractivity contribution < 1.29 is 28.9 Å². The quantitative estimate of drug-likeness (QED) is 0.457. The first-order valence-corrected chi connectivity index (χ1v) is 11.9. The number of aromatic nitrogens is 3. The number of ether oxygens (including phenoxy) is 1. The average molecular weight is 498 g/mol. The molecule has 2 amide bonds. The van der Waals surface area contributed by atoms with Crippen LogP contribution in [0.5, 0.6) is 5.75 Å². The summed E-state index contributed by atoms with van der Waals surface area (Å²) < 4.78 is 22.1. The van der Waals surface area contributed by atoms with Crippen molar-refractivity contribution in [2.75, 3.05) is 11.9 Å². The van der Waals surface area contributed by atoms with Crippen molar-refractivity contribution in [1.82, 2.24) is 19.5 Å². The van der Waals surface area contributed by atoms with E-state index < -0.39 is 23.8 Å². The van der Waals surface area contributed by atoms with E-state index >= 15 is 0 Å². The summed E-state index contributed by atoms with van der Waals surface area (Å²) in [5, 5.41) is 26.9. The predicted molar refractivity (Wildman–Crippen MR) is 128 cm³/mol. The molecule has 1 aliphatic carbocycles. The lowest BCUT2D eigenvalue weighted by atomic mass is 10.0. The average Bonchev–Trinajstić information content (AvgIpc) is 3.51. The van der Waals surface area contributed by atoms with Crippen LogP contribution in [0.1, 0.15) is 59.4 Å². The summed E-state index contributed by atoms with van der Waals surface area (Å²) in [4.78, 5) is 31.8. The lowest BCUT2D eigenvalue weighted by Gasteiger charge is -2.26.